The molecule has 38 heavy (non-hydrogen) atoms. The molecular formula is C28H27ClFN5O3. The Kier molecular flexibility index (Phi) is 6.75. The van der Waals surface area contributed by atoms with Crippen molar-refractivity contribution in [1.29, 1.82) is 0 Å². The number of ether oxygens (including phenoxy) is 1. The highest BCUT2D eigenvalue weighted by Crippen LogP contribution is 2.43. The number of aliphatic hydroxyl groups is 1. The van der Waals surface area contributed by atoms with E-state index in [0.29, 0.717) is 22.6 Å². The summed E-state index contributed by atoms with van der Waals surface area (Å²) >= 11 is 6.52. The van der Waals surface area contributed by atoms with Gasteiger partial charge in [0, 0.05) is 30.4 Å². The van der Waals surface area contributed by atoms with Gasteiger partial charge in [0.1, 0.15) is 34.5 Å². The molecule has 0 aliphatic heterocycles. The van der Waals surface area contributed by atoms with E-state index in [1.54, 1.807) is 62.1 Å². The molecule has 0 amide bonds. The Balaban J connectivity index is 1.56. The summed E-state index contributed by atoms with van der Waals surface area (Å²) in [5.74, 6) is 0.135. The molecule has 4 heterocycles. The van der Waals surface area contributed by atoms with E-state index in [1.807, 2.05) is 6.92 Å². The van der Waals surface area contributed by atoms with Gasteiger partial charge in [-0.1, -0.05) is 11.6 Å². The number of aromatic nitrogens is 5. The van der Waals surface area contributed by atoms with Crippen molar-refractivity contribution in [2.24, 2.45) is 0 Å². The van der Waals surface area contributed by atoms with E-state index in [0.717, 1.165) is 24.1 Å². The van der Waals surface area contributed by atoms with E-state index >= 15 is 0 Å². The zero-order valence-electron chi connectivity index (χ0n) is 21.5. The maximum absolute atomic E-state index is 14.3. The highest BCUT2D eigenvalue weighted by Gasteiger charge is 2.30. The molecule has 1 aliphatic rings. The summed E-state index contributed by atoms with van der Waals surface area (Å²) in [6.45, 7) is 6.67. The summed E-state index contributed by atoms with van der Waals surface area (Å²) in [7, 11) is 0. The maximum Gasteiger partial charge on any atom is 0.277 e. The van der Waals surface area contributed by atoms with Crippen LogP contribution in [0.1, 0.15) is 60.9 Å². The van der Waals surface area contributed by atoms with Crippen LogP contribution in [0.3, 0.4) is 0 Å². The van der Waals surface area contributed by atoms with Crippen LogP contribution < -0.4 is 10.3 Å². The summed E-state index contributed by atoms with van der Waals surface area (Å²) in [5, 5.41) is 10.2. The molecule has 0 radical (unpaired) electrons. The first-order chi connectivity index (χ1) is 18.0. The Morgan fingerprint density at radius 1 is 1.13 bits per heavy atom. The lowest BCUT2D eigenvalue weighted by molar-refractivity contribution is 0.0688. The SMILES string of the molecule is Cc1cnc(COc2cc(C3CC3)n(-c3cc(-c4ccnc(C(C)(C)O)n4)ncc3C)c(=O)c2Cl)c(F)c1. The molecule has 1 aliphatic carbocycles. The quantitative estimate of drug-likeness (QED) is 0.348. The molecule has 1 N–H and O–H groups in total. The molecule has 5 rings (SSSR count). The van der Waals surface area contributed by atoms with Gasteiger partial charge in [-0.05, 0) is 75.8 Å². The monoisotopic (exact) mass is 535 g/mol. The Morgan fingerprint density at radius 2 is 1.89 bits per heavy atom. The van der Waals surface area contributed by atoms with Crippen LogP contribution in [0.2, 0.25) is 5.02 Å². The third kappa shape index (κ3) is 5.16. The number of hydrogen-bond donors (Lipinski definition) is 1. The molecule has 196 valence electrons. The molecule has 10 heteroatoms. The maximum atomic E-state index is 14.3. The van der Waals surface area contributed by atoms with Crippen molar-refractivity contribution in [1.82, 2.24) is 24.5 Å². The normalized spacial score (nSPS) is 13.6. The smallest absolute Gasteiger partial charge is 0.277 e. The third-order valence-electron chi connectivity index (χ3n) is 6.34. The number of halogens is 2. The van der Waals surface area contributed by atoms with Crippen LogP contribution in [0.15, 0.2) is 47.7 Å². The summed E-state index contributed by atoms with van der Waals surface area (Å²) in [6, 6.07) is 6.61. The largest absolute Gasteiger partial charge is 0.485 e. The second-order valence-electron chi connectivity index (χ2n) is 10.1. The van der Waals surface area contributed by atoms with Gasteiger partial charge in [-0.2, -0.15) is 0 Å². The second-order valence-corrected chi connectivity index (χ2v) is 10.5. The van der Waals surface area contributed by atoms with Crippen LogP contribution in [-0.4, -0.2) is 29.6 Å². The van der Waals surface area contributed by atoms with E-state index in [2.05, 4.69) is 19.9 Å². The van der Waals surface area contributed by atoms with Crippen LogP contribution in [-0.2, 0) is 12.2 Å². The fourth-order valence-electron chi connectivity index (χ4n) is 4.12. The van der Waals surface area contributed by atoms with Gasteiger partial charge in [0.25, 0.3) is 5.56 Å². The first-order valence-electron chi connectivity index (χ1n) is 12.3. The van der Waals surface area contributed by atoms with E-state index in [-0.39, 0.29) is 34.8 Å². The van der Waals surface area contributed by atoms with Gasteiger partial charge in [0.15, 0.2) is 5.82 Å². The van der Waals surface area contributed by atoms with E-state index in [4.69, 9.17) is 16.3 Å². The number of aryl methyl sites for hydroxylation is 2. The molecule has 1 saturated carbocycles. The molecule has 0 aromatic carbocycles. The molecule has 4 aromatic heterocycles. The Morgan fingerprint density at radius 3 is 2.58 bits per heavy atom. The molecule has 0 saturated heterocycles. The average molecular weight is 536 g/mol. The van der Waals surface area contributed by atoms with Crippen molar-refractivity contribution < 1.29 is 14.2 Å². The van der Waals surface area contributed by atoms with Crippen LogP contribution in [0, 0.1) is 19.7 Å². The summed E-state index contributed by atoms with van der Waals surface area (Å²) in [5.41, 5.74) is 2.34. The lowest BCUT2D eigenvalue weighted by Gasteiger charge is -2.19. The summed E-state index contributed by atoms with van der Waals surface area (Å²) in [6.07, 6.45) is 6.64. The zero-order valence-corrected chi connectivity index (χ0v) is 22.3. The Bertz CT molecular complexity index is 1590. The molecule has 4 aromatic rings. The Hall–Kier alpha value is -3.69. The van der Waals surface area contributed by atoms with Gasteiger partial charge in [-0.25, -0.2) is 14.4 Å². The predicted molar refractivity (Wildman–Crippen MR) is 141 cm³/mol. The summed E-state index contributed by atoms with van der Waals surface area (Å²) < 4.78 is 21.7. The fraction of sp³-hybridized carbons (Fsp3) is 0.321. The van der Waals surface area contributed by atoms with Crippen molar-refractivity contribution in [3.63, 3.8) is 0 Å². The topological polar surface area (TPSA) is 103 Å². The molecule has 0 spiro atoms. The van der Waals surface area contributed by atoms with Gasteiger partial charge < -0.3 is 9.84 Å². The van der Waals surface area contributed by atoms with Crippen molar-refractivity contribution in [3.05, 3.63) is 92.4 Å². The lowest BCUT2D eigenvalue weighted by atomic mass is 10.1. The summed E-state index contributed by atoms with van der Waals surface area (Å²) in [4.78, 5) is 30.9. The van der Waals surface area contributed by atoms with Crippen molar-refractivity contribution >= 4 is 11.6 Å². The fourth-order valence-corrected chi connectivity index (χ4v) is 4.31. The van der Waals surface area contributed by atoms with Crippen molar-refractivity contribution in [2.75, 3.05) is 0 Å². The van der Waals surface area contributed by atoms with Gasteiger partial charge in [-0.15, -0.1) is 0 Å². The molecular weight excluding hydrogens is 509 g/mol. The van der Waals surface area contributed by atoms with Crippen LogP contribution in [0.5, 0.6) is 5.75 Å². The zero-order chi connectivity index (χ0) is 27.2. The number of rotatable bonds is 7. The number of nitrogens with zero attached hydrogens (tertiary/aromatic N) is 5. The van der Waals surface area contributed by atoms with Gasteiger partial charge in [-0.3, -0.25) is 19.3 Å². The van der Waals surface area contributed by atoms with Gasteiger partial charge >= 0.3 is 0 Å². The predicted octanol–water partition coefficient (Wildman–Crippen LogP) is 5.18. The number of pyridine rings is 3. The molecule has 0 unspecified atom stereocenters. The highest BCUT2D eigenvalue weighted by atomic mass is 35.5. The molecule has 0 bridgehead atoms. The highest BCUT2D eigenvalue weighted by molar-refractivity contribution is 6.31. The standard InChI is InChI=1S/C28H27ClFN5O3/c1-15-9-18(30)21(32-12-15)14-38-24-11-23(17-5-6-17)35(26(36)25(24)29)22-10-20(33-13-16(22)2)19-7-8-31-27(34-19)28(3,4)37/h7-13,17,37H,5-6,14H2,1-4H3. The molecule has 8 nitrogen and oxygen atoms in total. The van der Waals surface area contributed by atoms with Crippen molar-refractivity contribution in [2.45, 2.75) is 58.7 Å². The molecule has 0 atom stereocenters. The second kappa shape index (κ2) is 9.89. The minimum absolute atomic E-state index is 0.106. The van der Waals surface area contributed by atoms with E-state index < -0.39 is 17.0 Å². The first kappa shape index (κ1) is 25.9. The van der Waals surface area contributed by atoms with E-state index in [1.165, 1.54) is 6.07 Å². The lowest BCUT2D eigenvalue weighted by Crippen LogP contribution is -2.24. The average Bonchev–Trinajstić information content (AvgIpc) is 3.71. The van der Waals surface area contributed by atoms with Crippen molar-refractivity contribution in [3.8, 4) is 22.8 Å². The molecule has 1 fully saturated rings. The van der Waals surface area contributed by atoms with Crippen LogP contribution in [0.4, 0.5) is 4.39 Å². The van der Waals surface area contributed by atoms with Crippen LogP contribution >= 0.6 is 11.6 Å². The minimum Gasteiger partial charge on any atom is -0.485 e. The van der Waals surface area contributed by atoms with Crippen LogP contribution in [0.25, 0.3) is 17.1 Å². The van der Waals surface area contributed by atoms with E-state index in [9.17, 15) is 14.3 Å². The van der Waals surface area contributed by atoms with Gasteiger partial charge in [0.05, 0.1) is 17.1 Å². The third-order valence-corrected chi connectivity index (χ3v) is 6.69. The first-order valence-corrected chi connectivity index (χ1v) is 12.6. The number of hydrogen-bond acceptors (Lipinski definition) is 7. The van der Waals surface area contributed by atoms with Gasteiger partial charge in [0.2, 0.25) is 0 Å². The Labute approximate surface area is 224 Å². The minimum atomic E-state index is -1.22.